The molecule has 0 atom stereocenters. The predicted molar refractivity (Wildman–Crippen MR) is 145 cm³/mol. The second-order valence-corrected chi connectivity index (χ2v) is 8.80. The van der Waals surface area contributed by atoms with E-state index in [-0.39, 0.29) is 0 Å². The molecule has 0 heterocycles. The van der Waals surface area contributed by atoms with Gasteiger partial charge in [0.15, 0.2) is 0 Å². The van der Waals surface area contributed by atoms with Gasteiger partial charge < -0.3 is 24.3 Å². The van der Waals surface area contributed by atoms with Crippen molar-refractivity contribution in [2.75, 3.05) is 98.2 Å². The van der Waals surface area contributed by atoms with E-state index < -0.39 is 0 Å². The van der Waals surface area contributed by atoms with Crippen LogP contribution in [-0.2, 0) is 0 Å². The van der Waals surface area contributed by atoms with E-state index in [0.717, 1.165) is 58.5 Å². The molecule has 37 heavy (non-hydrogen) atoms. The minimum absolute atomic E-state index is 0.446. The Balaban J connectivity index is 4.93. The van der Waals surface area contributed by atoms with E-state index in [4.69, 9.17) is 35.5 Å². The number of hydrogen-bond donors (Lipinski definition) is 0. The molecule has 0 aromatic carbocycles. The Labute approximate surface area is 224 Å². The largest absolute Gasteiger partial charge is 0.316 e. The average Bonchev–Trinajstić information content (AvgIpc) is 2.91. The summed E-state index contributed by atoms with van der Waals surface area (Å²) in [7, 11) is 0. The minimum atomic E-state index is 0.446. The fourth-order valence-electron chi connectivity index (χ4n) is 4.09. The van der Waals surface area contributed by atoms with Crippen LogP contribution in [0.2, 0.25) is 0 Å². The van der Waals surface area contributed by atoms with Crippen molar-refractivity contribution in [3.63, 3.8) is 0 Å². The molecule has 0 fully saturated rings. The van der Waals surface area contributed by atoms with Crippen LogP contribution in [0.25, 0.3) is 14.5 Å². The molecule has 200 valence electrons. The lowest BCUT2D eigenvalue weighted by molar-refractivity contribution is 0.200. The van der Waals surface area contributed by atoms with Crippen LogP contribution in [0.15, 0.2) is 0 Å². The van der Waals surface area contributed by atoms with E-state index in [1.165, 1.54) is 0 Å². The molecule has 0 aromatic rings. The molecule has 0 rings (SSSR count). The molecule has 0 amide bonds. The van der Waals surface area contributed by atoms with Crippen molar-refractivity contribution in [2.24, 2.45) is 0 Å². The predicted octanol–water partition coefficient (Wildman–Crippen LogP) is 2.86. The molecule has 10 nitrogen and oxygen atoms in total. The highest BCUT2D eigenvalue weighted by Gasteiger charge is 2.13. The molecule has 0 bridgehead atoms. The van der Waals surface area contributed by atoms with E-state index in [2.05, 4.69) is 52.3 Å². The normalized spacial score (nSPS) is 10.5. The number of hydrogen-bond acceptors (Lipinski definition) is 7. The van der Waals surface area contributed by atoms with E-state index >= 15 is 0 Å². The zero-order valence-electron chi connectivity index (χ0n) is 22.3. The van der Waals surface area contributed by atoms with Crippen molar-refractivity contribution in [3.8, 4) is 18.2 Å². The quantitative estimate of drug-likeness (QED) is 0.186. The molecule has 0 saturated carbocycles. The summed E-state index contributed by atoms with van der Waals surface area (Å²) in [5.41, 5.74) is 0. The van der Waals surface area contributed by atoms with Gasteiger partial charge in [0, 0.05) is 38.9 Å². The van der Waals surface area contributed by atoms with Gasteiger partial charge in [0.1, 0.15) is 0 Å². The van der Waals surface area contributed by atoms with Crippen molar-refractivity contribution in [1.82, 2.24) is 19.6 Å². The van der Waals surface area contributed by atoms with Gasteiger partial charge in [0.05, 0.1) is 37.8 Å². The Morgan fingerprint density at radius 1 is 0.405 bits per heavy atom. The van der Waals surface area contributed by atoms with Gasteiger partial charge in [-0.1, -0.05) is 0 Å². The number of nitrogens with zero attached hydrogens (tertiary/aromatic N) is 10. The summed E-state index contributed by atoms with van der Waals surface area (Å²) in [5.74, 6) is 0. The van der Waals surface area contributed by atoms with E-state index in [1.54, 1.807) is 0 Å². The maximum absolute atomic E-state index is 8.93. The van der Waals surface area contributed by atoms with E-state index in [9.17, 15) is 0 Å². The van der Waals surface area contributed by atoms with Crippen LogP contribution in [0.3, 0.4) is 0 Å². The van der Waals surface area contributed by atoms with Crippen molar-refractivity contribution in [1.29, 1.82) is 15.8 Å². The zero-order chi connectivity index (χ0) is 27.4. The summed E-state index contributed by atoms with van der Waals surface area (Å²) < 4.78 is 0. The third-order valence-corrected chi connectivity index (χ3v) is 6.05. The van der Waals surface area contributed by atoms with Crippen LogP contribution in [0, 0.1) is 53.7 Å². The second-order valence-electron chi connectivity index (χ2n) is 8.80. The van der Waals surface area contributed by atoms with E-state index in [0.29, 0.717) is 78.2 Å². The smallest absolute Gasteiger partial charge is 0.227 e. The SMILES string of the molecule is [C-]#[N+]CCN(CCC#N)CCCN(CCCN(CCC#N)CCC#N)CCCN(CC[N+]#[C-])CC[N+]#[C-]. The second kappa shape index (κ2) is 25.9. The Hall–Kier alpha value is -3.22. The van der Waals surface area contributed by atoms with E-state index in [1.807, 2.05) is 0 Å². The highest BCUT2D eigenvalue weighted by atomic mass is 15.2. The van der Waals surface area contributed by atoms with Crippen LogP contribution in [0.1, 0.15) is 38.5 Å². The third kappa shape index (κ3) is 20.7. The fraction of sp³-hybridized carbons (Fsp3) is 0.778. The summed E-state index contributed by atoms with van der Waals surface area (Å²) in [6.45, 7) is 32.0. The first kappa shape index (κ1) is 33.8. The summed E-state index contributed by atoms with van der Waals surface area (Å²) in [6.07, 6.45) is 4.25. The van der Waals surface area contributed by atoms with Gasteiger partial charge in [-0.3, -0.25) is 9.80 Å². The van der Waals surface area contributed by atoms with Crippen molar-refractivity contribution in [3.05, 3.63) is 34.3 Å². The molecule has 10 heteroatoms. The lowest BCUT2D eigenvalue weighted by atomic mass is 10.2. The maximum atomic E-state index is 8.93. The molecule has 0 radical (unpaired) electrons. The highest BCUT2D eigenvalue weighted by Crippen LogP contribution is 2.04. The molecule has 0 aliphatic rings. The minimum Gasteiger partial charge on any atom is -0.316 e. The maximum Gasteiger partial charge on any atom is 0.227 e. The van der Waals surface area contributed by atoms with Crippen LogP contribution in [-0.4, -0.2) is 118 Å². The summed E-state index contributed by atoms with van der Waals surface area (Å²) >= 11 is 0. The van der Waals surface area contributed by atoms with Crippen LogP contribution < -0.4 is 0 Å². The zero-order valence-corrected chi connectivity index (χ0v) is 22.3. The Morgan fingerprint density at radius 3 is 0.919 bits per heavy atom. The number of nitriles is 3. The fourth-order valence-corrected chi connectivity index (χ4v) is 4.09. The molecule has 0 aliphatic carbocycles. The average molecular weight is 507 g/mol. The molecule has 0 saturated heterocycles. The molecule has 0 aliphatic heterocycles. The van der Waals surface area contributed by atoms with Gasteiger partial charge in [-0.2, -0.15) is 15.8 Å². The summed E-state index contributed by atoms with van der Waals surface area (Å²) in [5, 5.41) is 26.8. The molecular weight excluding hydrogens is 464 g/mol. The highest BCUT2D eigenvalue weighted by molar-refractivity contribution is 4.78. The first-order chi connectivity index (χ1) is 18.1. The van der Waals surface area contributed by atoms with Crippen LogP contribution >= 0.6 is 0 Å². The lowest BCUT2D eigenvalue weighted by Gasteiger charge is -2.27. The van der Waals surface area contributed by atoms with Gasteiger partial charge in [0.25, 0.3) is 0 Å². The van der Waals surface area contributed by atoms with Crippen molar-refractivity contribution >= 4 is 0 Å². The third-order valence-electron chi connectivity index (χ3n) is 6.05. The molecule has 0 aromatic heterocycles. The van der Waals surface area contributed by atoms with Gasteiger partial charge in [0.2, 0.25) is 19.6 Å². The van der Waals surface area contributed by atoms with Crippen molar-refractivity contribution in [2.45, 2.75) is 38.5 Å². The monoisotopic (exact) mass is 506 g/mol. The lowest BCUT2D eigenvalue weighted by Crippen LogP contribution is -2.36. The topological polar surface area (TPSA) is 97.4 Å². The standard InChI is InChI=1S/C27H42N10/c1-31-13-25-36(18-6-12-30)23-8-21-35(20-7-19-34(16-4-10-28)17-5-11-29)22-9-24-37(26-14-32-2)27-15-33-3/h4-9,13-27H2. The molecule has 0 N–H and O–H groups in total. The Morgan fingerprint density at radius 2 is 0.649 bits per heavy atom. The molecular formula is C27H42N10. The first-order valence-electron chi connectivity index (χ1n) is 13.1. The van der Waals surface area contributed by atoms with Gasteiger partial charge >= 0.3 is 0 Å². The van der Waals surface area contributed by atoms with Crippen LogP contribution in [0.4, 0.5) is 0 Å². The van der Waals surface area contributed by atoms with Crippen LogP contribution in [0.5, 0.6) is 0 Å². The van der Waals surface area contributed by atoms with Gasteiger partial charge in [-0.15, -0.1) is 0 Å². The first-order valence-corrected chi connectivity index (χ1v) is 13.1. The van der Waals surface area contributed by atoms with Gasteiger partial charge in [-0.25, -0.2) is 19.7 Å². The molecule has 0 spiro atoms. The molecule has 0 unspecified atom stereocenters. The van der Waals surface area contributed by atoms with Gasteiger partial charge in [-0.05, 0) is 58.5 Å². The summed E-state index contributed by atoms with van der Waals surface area (Å²) in [4.78, 5) is 19.4. The summed E-state index contributed by atoms with van der Waals surface area (Å²) in [6, 6.07) is 6.57. The number of rotatable bonds is 24. The Bertz CT molecular complexity index is 654. The van der Waals surface area contributed by atoms with Crippen molar-refractivity contribution < 1.29 is 0 Å². The Kier molecular flexibility index (Phi) is 23.6.